The second-order valence-electron chi connectivity index (χ2n) is 5.83. The number of nitrogens with two attached hydrogens (primary N) is 1. The van der Waals surface area contributed by atoms with Gasteiger partial charge in [-0.15, -0.1) is 11.8 Å². The third-order valence-electron chi connectivity index (χ3n) is 3.81. The molecule has 3 aromatic rings. The number of hydrogen-bond donors (Lipinski definition) is 1. The lowest BCUT2D eigenvalue weighted by Gasteiger charge is -2.21. The molecule has 138 valence electrons. The number of ether oxygens (including phenoxy) is 1. The molecule has 0 radical (unpaired) electrons. The molecule has 0 aliphatic heterocycles. The van der Waals surface area contributed by atoms with Gasteiger partial charge in [-0.05, 0) is 26.0 Å². The molecule has 1 aromatic carbocycles. The summed E-state index contributed by atoms with van der Waals surface area (Å²) in [6.45, 7) is 3.24. The van der Waals surface area contributed by atoms with E-state index in [4.69, 9.17) is 22.1 Å². The lowest BCUT2D eigenvalue weighted by atomic mass is 10.2. The largest absolute Gasteiger partial charge is 0.368 e. The molecule has 2 N–H and O–H groups in total. The van der Waals surface area contributed by atoms with Gasteiger partial charge in [0.25, 0.3) is 0 Å². The summed E-state index contributed by atoms with van der Waals surface area (Å²) in [6.07, 6.45) is 0.491. The number of halogens is 2. The van der Waals surface area contributed by atoms with Gasteiger partial charge in [-0.3, -0.25) is 4.57 Å². The number of nitrogens with zero attached hydrogens (tertiary/aromatic N) is 4. The Bertz CT molecular complexity index is 889. The molecule has 2 aromatic heterocycles. The molecule has 0 aliphatic rings. The van der Waals surface area contributed by atoms with Crippen molar-refractivity contribution in [3.05, 3.63) is 41.3 Å². The van der Waals surface area contributed by atoms with Gasteiger partial charge in [-0.2, -0.15) is 9.97 Å². The zero-order valence-electron chi connectivity index (χ0n) is 14.4. The fourth-order valence-electron chi connectivity index (χ4n) is 2.45. The number of imidazole rings is 1. The van der Waals surface area contributed by atoms with Crippen molar-refractivity contribution in [1.29, 1.82) is 0 Å². The van der Waals surface area contributed by atoms with E-state index in [9.17, 15) is 4.39 Å². The van der Waals surface area contributed by atoms with Crippen molar-refractivity contribution in [2.45, 2.75) is 31.1 Å². The molecule has 2 heterocycles. The minimum absolute atomic E-state index is 0.0495. The second-order valence-corrected chi connectivity index (χ2v) is 7.28. The predicted octanol–water partition coefficient (Wildman–Crippen LogP) is 4.04. The number of alkyl halides is 1. The van der Waals surface area contributed by atoms with E-state index in [1.807, 2.05) is 31.2 Å². The molecular weight excluding hydrogens is 377 g/mol. The van der Waals surface area contributed by atoms with E-state index in [0.717, 1.165) is 4.90 Å². The van der Waals surface area contributed by atoms with E-state index < -0.39 is 19.0 Å². The average molecular weight is 396 g/mol. The van der Waals surface area contributed by atoms with Crippen LogP contribution in [0.25, 0.3) is 11.2 Å². The average Bonchev–Trinajstić information content (AvgIpc) is 3.04. The number of benzene rings is 1. The molecule has 0 amide bonds. The van der Waals surface area contributed by atoms with Gasteiger partial charge < -0.3 is 10.5 Å². The third-order valence-corrected chi connectivity index (χ3v) is 5.21. The molecule has 0 fully saturated rings. The summed E-state index contributed by atoms with van der Waals surface area (Å²) < 4.78 is 21.0. The van der Waals surface area contributed by atoms with Crippen LogP contribution < -0.4 is 5.73 Å². The van der Waals surface area contributed by atoms with Gasteiger partial charge in [0, 0.05) is 10.6 Å². The molecule has 9 heteroatoms. The van der Waals surface area contributed by atoms with Crippen molar-refractivity contribution < 1.29 is 9.13 Å². The van der Waals surface area contributed by atoms with Gasteiger partial charge >= 0.3 is 0 Å². The first-order valence-electron chi connectivity index (χ1n) is 8.04. The lowest BCUT2D eigenvalue weighted by molar-refractivity contribution is -0.0390. The second kappa shape index (κ2) is 8.20. The standard InChI is InChI=1S/C17H19ClFN5OS/c1-10-3-5-13(6-4-10)26-8-12(7-19)25-11(2)24-9-21-14-15(18)22-17(20)23-16(14)24/h3-6,9,11-12H,7-8H2,1-2H3,(H2,20,22,23)/t11?,12-/m0/s1. The summed E-state index contributed by atoms with van der Waals surface area (Å²) in [7, 11) is 0. The van der Waals surface area contributed by atoms with E-state index in [0.29, 0.717) is 16.9 Å². The maximum absolute atomic E-state index is 13.4. The fourth-order valence-corrected chi connectivity index (χ4v) is 3.55. The van der Waals surface area contributed by atoms with E-state index in [1.54, 1.807) is 23.3 Å². The summed E-state index contributed by atoms with van der Waals surface area (Å²) in [4.78, 5) is 13.3. The minimum atomic E-state index is -0.590. The van der Waals surface area contributed by atoms with Crippen LogP contribution in [0.3, 0.4) is 0 Å². The van der Waals surface area contributed by atoms with Gasteiger partial charge in [-0.1, -0.05) is 29.3 Å². The smallest absolute Gasteiger partial charge is 0.223 e. The van der Waals surface area contributed by atoms with Gasteiger partial charge in [0.15, 0.2) is 10.8 Å². The molecule has 0 saturated carbocycles. The predicted molar refractivity (Wildman–Crippen MR) is 102 cm³/mol. The lowest BCUT2D eigenvalue weighted by Crippen LogP contribution is -2.23. The Labute approximate surface area is 159 Å². The maximum atomic E-state index is 13.4. The van der Waals surface area contributed by atoms with Crippen molar-refractivity contribution in [3.63, 3.8) is 0 Å². The Kier molecular flexibility index (Phi) is 5.95. The Morgan fingerprint density at radius 1 is 1.31 bits per heavy atom. The van der Waals surface area contributed by atoms with Crippen LogP contribution in [0.5, 0.6) is 0 Å². The Morgan fingerprint density at radius 2 is 2.04 bits per heavy atom. The number of aromatic nitrogens is 4. The van der Waals surface area contributed by atoms with Crippen LogP contribution in [-0.4, -0.2) is 38.1 Å². The van der Waals surface area contributed by atoms with Crippen LogP contribution in [0.4, 0.5) is 10.3 Å². The number of aryl methyl sites for hydroxylation is 1. The fraction of sp³-hybridized carbons (Fsp3) is 0.353. The van der Waals surface area contributed by atoms with Crippen molar-refractivity contribution >= 4 is 40.5 Å². The highest BCUT2D eigenvalue weighted by Gasteiger charge is 2.19. The zero-order chi connectivity index (χ0) is 18.7. The van der Waals surface area contributed by atoms with Crippen LogP contribution >= 0.6 is 23.4 Å². The van der Waals surface area contributed by atoms with E-state index in [-0.39, 0.29) is 11.1 Å². The summed E-state index contributed by atoms with van der Waals surface area (Å²) in [5.74, 6) is 0.544. The number of rotatable bonds is 7. The highest BCUT2D eigenvalue weighted by molar-refractivity contribution is 7.99. The first kappa shape index (κ1) is 18.9. The molecule has 0 bridgehead atoms. The normalized spacial score (nSPS) is 13.8. The molecule has 2 atom stereocenters. The van der Waals surface area contributed by atoms with E-state index in [1.165, 1.54) is 11.9 Å². The van der Waals surface area contributed by atoms with Crippen molar-refractivity contribution in [3.8, 4) is 0 Å². The van der Waals surface area contributed by atoms with Crippen molar-refractivity contribution in [2.24, 2.45) is 0 Å². The number of anilines is 1. The van der Waals surface area contributed by atoms with E-state index >= 15 is 0 Å². The highest BCUT2D eigenvalue weighted by atomic mass is 35.5. The molecule has 26 heavy (non-hydrogen) atoms. The minimum Gasteiger partial charge on any atom is -0.368 e. The topological polar surface area (TPSA) is 78.8 Å². The molecule has 0 aliphatic carbocycles. The zero-order valence-corrected chi connectivity index (χ0v) is 16.0. The number of thioether (sulfide) groups is 1. The van der Waals surface area contributed by atoms with Crippen LogP contribution in [-0.2, 0) is 4.74 Å². The van der Waals surface area contributed by atoms with Gasteiger partial charge in [-0.25, -0.2) is 9.37 Å². The van der Waals surface area contributed by atoms with Gasteiger partial charge in [0.2, 0.25) is 5.95 Å². The summed E-state index contributed by atoms with van der Waals surface area (Å²) in [6, 6.07) is 8.09. The summed E-state index contributed by atoms with van der Waals surface area (Å²) >= 11 is 7.58. The Morgan fingerprint density at radius 3 is 2.73 bits per heavy atom. The maximum Gasteiger partial charge on any atom is 0.223 e. The van der Waals surface area contributed by atoms with Crippen molar-refractivity contribution in [2.75, 3.05) is 18.2 Å². The molecule has 0 saturated heterocycles. The van der Waals surface area contributed by atoms with Crippen LogP contribution in [0.15, 0.2) is 35.5 Å². The summed E-state index contributed by atoms with van der Waals surface area (Å²) in [5.41, 5.74) is 7.73. The van der Waals surface area contributed by atoms with Crippen LogP contribution in [0.2, 0.25) is 5.15 Å². The molecular formula is C17H19ClFN5OS. The number of fused-ring (bicyclic) bond motifs is 1. The first-order valence-corrected chi connectivity index (χ1v) is 9.40. The third kappa shape index (κ3) is 4.25. The summed E-state index contributed by atoms with van der Waals surface area (Å²) in [5, 5.41) is 0.176. The monoisotopic (exact) mass is 395 g/mol. The number of nitrogen functional groups attached to an aromatic ring is 1. The quantitative estimate of drug-likeness (QED) is 0.480. The van der Waals surface area contributed by atoms with Crippen LogP contribution in [0.1, 0.15) is 18.7 Å². The molecule has 0 spiro atoms. The molecule has 6 nitrogen and oxygen atoms in total. The Balaban J connectivity index is 1.69. The van der Waals surface area contributed by atoms with Gasteiger partial charge in [0.05, 0.1) is 12.4 Å². The molecule has 3 rings (SSSR count). The SMILES string of the molecule is Cc1ccc(SC[C@H](CF)OC(C)n2cnc3c(Cl)nc(N)nc32)cc1. The van der Waals surface area contributed by atoms with Gasteiger partial charge in [0.1, 0.15) is 18.4 Å². The first-order chi connectivity index (χ1) is 12.5. The van der Waals surface area contributed by atoms with Crippen molar-refractivity contribution in [1.82, 2.24) is 19.5 Å². The number of hydrogen-bond acceptors (Lipinski definition) is 6. The highest BCUT2D eigenvalue weighted by Crippen LogP contribution is 2.25. The van der Waals surface area contributed by atoms with E-state index in [2.05, 4.69) is 15.0 Å². The molecule has 1 unspecified atom stereocenters. The van der Waals surface area contributed by atoms with Crippen LogP contribution in [0, 0.1) is 6.92 Å². The Hall–Kier alpha value is -1.90.